The second-order valence-corrected chi connectivity index (χ2v) is 10.2. The summed E-state index contributed by atoms with van der Waals surface area (Å²) in [7, 11) is 3.24. The Balaban J connectivity index is 1.71. The number of nitrogens with zero attached hydrogens (tertiary/aromatic N) is 4. The fourth-order valence-corrected chi connectivity index (χ4v) is 4.74. The minimum atomic E-state index is -0.649. The average molecular weight is 583 g/mol. The maximum absolute atomic E-state index is 14.2. The number of halogens is 2. The van der Waals surface area contributed by atoms with Gasteiger partial charge in [0.1, 0.15) is 24.9 Å². The maximum atomic E-state index is 14.2. The van der Waals surface area contributed by atoms with Gasteiger partial charge in [-0.3, -0.25) is 24.1 Å². The molecule has 0 atom stereocenters. The minimum absolute atomic E-state index is 0.0682. The fraction of sp³-hybridized carbons (Fsp3) is 0.387. The number of hydrogen-bond acceptors (Lipinski definition) is 6. The lowest BCUT2D eigenvalue weighted by Crippen LogP contribution is -2.56. The molecule has 0 N–H and O–H groups in total. The minimum Gasteiger partial charge on any atom is -0.482 e. The van der Waals surface area contributed by atoms with Gasteiger partial charge >= 0.3 is 0 Å². The highest BCUT2D eigenvalue weighted by Crippen LogP contribution is 2.24. The van der Waals surface area contributed by atoms with Crippen molar-refractivity contribution in [1.82, 2.24) is 14.5 Å². The Morgan fingerprint density at radius 3 is 2.45 bits per heavy atom. The Kier molecular flexibility index (Phi) is 10.3. The quantitative estimate of drug-likeness (QED) is 0.308. The molecule has 3 aromatic rings. The number of carbonyl (C=O) groups excluding carboxylic acids is 2. The standard InChI is InChI=1S/C31H36F2N4O5/c1-22(38)34(2)14-15-36-21-35(16-17-41-3)31(40)28-30(42-20-23-8-5-4-6-9-23)29(39)25(19-37(28)36)11-7-10-24-12-13-26(32)18-27(24)33/h4-6,8-9,12-13,18-19H,7,10-11,14-17,20-21H2,1-3H3. The molecule has 0 unspecified atom stereocenters. The fourth-order valence-electron chi connectivity index (χ4n) is 4.74. The van der Waals surface area contributed by atoms with Gasteiger partial charge in [0.15, 0.2) is 11.4 Å². The molecule has 11 heteroatoms. The highest BCUT2D eigenvalue weighted by atomic mass is 19.1. The predicted molar refractivity (Wildman–Crippen MR) is 154 cm³/mol. The van der Waals surface area contributed by atoms with Crippen molar-refractivity contribution in [3.8, 4) is 5.75 Å². The summed E-state index contributed by atoms with van der Waals surface area (Å²) >= 11 is 0. The van der Waals surface area contributed by atoms with E-state index in [-0.39, 0.29) is 43.0 Å². The molecule has 2 amide bonds. The Morgan fingerprint density at radius 2 is 1.76 bits per heavy atom. The van der Waals surface area contributed by atoms with E-state index < -0.39 is 17.1 Å². The molecule has 0 fully saturated rings. The number of likely N-dealkylation sites (N-methyl/N-ethyl adjacent to an activating group) is 1. The molecule has 2 aromatic carbocycles. The highest BCUT2D eigenvalue weighted by Gasteiger charge is 2.34. The van der Waals surface area contributed by atoms with E-state index in [9.17, 15) is 23.2 Å². The molecule has 0 saturated heterocycles. The first-order valence-corrected chi connectivity index (χ1v) is 13.8. The number of methoxy groups -OCH3 is 1. The zero-order chi connectivity index (χ0) is 30.2. The van der Waals surface area contributed by atoms with Crippen LogP contribution in [0.2, 0.25) is 0 Å². The number of pyridine rings is 1. The molecular weight excluding hydrogens is 546 g/mol. The molecule has 42 heavy (non-hydrogen) atoms. The molecule has 0 aliphatic carbocycles. The first-order valence-electron chi connectivity index (χ1n) is 13.8. The monoisotopic (exact) mass is 582 g/mol. The molecule has 2 heterocycles. The number of benzene rings is 2. The topological polar surface area (TPSA) is 84.3 Å². The molecule has 0 radical (unpaired) electrons. The van der Waals surface area contributed by atoms with Crippen LogP contribution in [0.5, 0.6) is 5.75 Å². The number of ether oxygens (including phenoxy) is 2. The summed E-state index contributed by atoms with van der Waals surface area (Å²) in [5.41, 5.74) is 1.25. The third-order valence-electron chi connectivity index (χ3n) is 7.28. The van der Waals surface area contributed by atoms with E-state index in [0.29, 0.717) is 50.2 Å². The van der Waals surface area contributed by atoms with Crippen LogP contribution in [0, 0.1) is 11.6 Å². The van der Waals surface area contributed by atoms with Gasteiger partial charge < -0.3 is 19.3 Å². The van der Waals surface area contributed by atoms with Crippen LogP contribution >= 0.6 is 0 Å². The van der Waals surface area contributed by atoms with Gasteiger partial charge in [0.25, 0.3) is 5.91 Å². The molecular formula is C31H36F2N4O5. The zero-order valence-electron chi connectivity index (χ0n) is 24.1. The molecule has 1 aliphatic rings. The molecule has 0 bridgehead atoms. The lowest BCUT2D eigenvalue weighted by molar-refractivity contribution is -0.127. The van der Waals surface area contributed by atoms with Gasteiger partial charge in [0, 0.05) is 52.0 Å². The van der Waals surface area contributed by atoms with Crippen molar-refractivity contribution in [2.24, 2.45) is 0 Å². The summed E-state index contributed by atoms with van der Waals surface area (Å²) < 4.78 is 40.5. The predicted octanol–water partition coefficient (Wildman–Crippen LogP) is 3.36. The van der Waals surface area contributed by atoms with Crippen molar-refractivity contribution < 1.29 is 27.8 Å². The van der Waals surface area contributed by atoms with Gasteiger partial charge in [-0.15, -0.1) is 0 Å². The first-order chi connectivity index (χ1) is 20.2. The van der Waals surface area contributed by atoms with Crippen molar-refractivity contribution in [2.45, 2.75) is 32.8 Å². The number of hydrogen-bond donors (Lipinski definition) is 0. The molecule has 224 valence electrons. The Morgan fingerprint density at radius 1 is 1.02 bits per heavy atom. The smallest absolute Gasteiger partial charge is 0.277 e. The number of carbonyl (C=O) groups is 2. The van der Waals surface area contributed by atoms with Gasteiger partial charge in [-0.25, -0.2) is 8.78 Å². The summed E-state index contributed by atoms with van der Waals surface area (Å²) in [6, 6.07) is 12.8. The van der Waals surface area contributed by atoms with Gasteiger partial charge in [-0.1, -0.05) is 36.4 Å². The lowest BCUT2D eigenvalue weighted by Gasteiger charge is -2.40. The van der Waals surface area contributed by atoms with E-state index in [4.69, 9.17) is 9.47 Å². The van der Waals surface area contributed by atoms with Crippen LogP contribution in [0.3, 0.4) is 0 Å². The summed E-state index contributed by atoms with van der Waals surface area (Å²) in [5.74, 6) is -1.82. The summed E-state index contributed by atoms with van der Waals surface area (Å²) in [5, 5.41) is 1.88. The van der Waals surface area contributed by atoms with E-state index in [2.05, 4.69) is 0 Å². The van der Waals surface area contributed by atoms with Crippen molar-refractivity contribution in [2.75, 3.05) is 52.1 Å². The van der Waals surface area contributed by atoms with Crippen LogP contribution in [0.25, 0.3) is 0 Å². The second kappa shape index (κ2) is 14.1. The highest BCUT2D eigenvalue weighted by molar-refractivity contribution is 5.96. The van der Waals surface area contributed by atoms with E-state index in [1.807, 2.05) is 35.3 Å². The van der Waals surface area contributed by atoms with Crippen molar-refractivity contribution in [3.05, 3.63) is 99.0 Å². The molecule has 4 rings (SSSR count). The Hall–Kier alpha value is -4.25. The van der Waals surface area contributed by atoms with Gasteiger partial charge in [-0.2, -0.15) is 0 Å². The van der Waals surface area contributed by atoms with Crippen molar-refractivity contribution in [3.63, 3.8) is 0 Å². The van der Waals surface area contributed by atoms with E-state index >= 15 is 0 Å². The van der Waals surface area contributed by atoms with Crippen LogP contribution in [-0.2, 0) is 29.0 Å². The number of aryl methyl sites for hydroxylation is 2. The normalized spacial score (nSPS) is 12.8. The number of aromatic nitrogens is 1. The number of rotatable bonds is 13. The van der Waals surface area contributed by atoms with Crippen LogP contribution in [-0.4, -0.2) is 73.4 Å². The van der Waals surface area contributed by atoms with Crippen LogP contribution in [0.1, 0.15) is 40.5 Å². The van der Waals surface area contributed by atoms with Crippen molar-refractivity contribution >= 4 is 11.8 Å². The lowest BCUT2D eigenvalue weighted by atomic mass is 10.0. The van der Waals surface area contributed by atoms with E-state index in [1.165, 1.54) is 19.1 Å². The average Bonchev–Trinajstić information content (AvgIpc) is 2.97. The zero-order valence-corrected chi connectivity index (χ0v) is 24.1. The molecule has 9 nitrogen and oxygen atoms in total. The Bertz CT molecular complexity index is 1460. The summed E-state index contributed by atoms with van der Waals surface area (Å²) in [6.45, 7) is 3.12. The first kappa shape index (κ1) is 30.7. The number of fused-ring (bicyclic) bond motifs is 1. The summed E-state index contributed by atoms with van der Waals surface area (Å²) in [6.07, 6.45) is 2.62. The summed E-state index contributed by atoms with van der Waals surface area (Å²) in [4.78, 5) is 42.6. The van der Waals surface area contributed by atoms with Crippen LogP contribution in [0.4, 0.5) is 8.78 Å². The van der Waals surface area contributed by atoms with Crippen LogP contribution in [0.15, 0.2) is 59.5 Å². The van der Waals surface area contributed by atoms with Gasteiger partial charge in [0.05, 0.1) is 13.2 Å². The van der Waals surface area contributed by atoms with E-state index in [1.54, 1.807) is 34.8 Å². The van der Waals surface area contributed by atoms with Gasteiger partial charge in [-0.05, 0) is 36.5 Å². The molecule has 1 aromatic heterocycles. The number of amides is 2. The van der Waals surface area contributed by atoms with Crippen LogP contribution < -0.4 is 15.2 Å². The third kappa shape index (κ3) is 7.33. The molecule has 0 spiro atoms. The molecule has 1 aliphatic heterocycles. The van der Waals surface area contributed by atoms with Gasteiger partial charge in [0.2, 0.25) is 11.3 Å². The third-order valence-corrected chi connectivity index (χ3v) is 7.28. The Labute approximate surface area is 243 Å². The van der Waals surface area contributed by atoms with Crippen molar-refractivity contribution in [1.29, 1.82) is 0 Å². The molecule has 0 saturated carbocycles. The van der Waals surface area contributed by atoms with E-state index in [0.717, 1.165) is 11.6 Å². The largest absolute Gasteiger partial charge is 0.482 e. The second-order valence-electron chi connectivity index (χ2n) is 10.2. The SMILES string of the molecule is COCCN1CN(CCN(C)C(C)=O)n2cc(CCCc3ccc(F)cc3F)c(=O)c(OCc3ccccc3)c2C1=O. The maximum Gasteiger partial charge on any atom is 0.277 e.